The Bertz CT molecular complexity index is 508. The lowest BCUT2D eigenvalue weighted by atomic mass is 10.4. The molecule has 1 aromatic rings. The Hall–Kier alpha value is -1.05. The van der Waals surface area contributed by atoms with Crippen molar-refractivity contribution in [2.75, 3.05) is 37.5 Å². The van der Waals surface area contributed by atoms with Crippen LogP contribution in [0.2, 0.25) is 0 Å². The zero-order valence-corrected chi connectivity index (χ0v) is 13.6. The number of anilines is 1. The maximum atomic E-state index is 12.2. The first-order chi connectivity index (χ1) is 10.2. The average Bonchev–Trinajstić information content (AvgIpc) is 2.93. The summed E-state index contributed by atoms with van der Waals surface area (Å²) in [6.07, 6.45) is 2.55. The summed E-state index contributed by atoms with van der Waals surface area (Å²) in [5.74, 6) is 1.47. The van der Waals surface area contributed by atoms with Gasteiger partial charge in [0.2, 0.25) is 0 Å². The van der Waals surface area contributed by atoms with Gasteiger partial charge in [-0.15, -0.1) is 11.8 Å². The zero-order valence-electron chi connectivity index (χ0n) is 12.8. The molecular formula is C14H23N3O3S. The highest BCUT2D eigenvalue weighted by Crippen LogP contribution is 2.30. The Morgan fingerprint density at radius 3 is 3.00 bits per heavy atom. The van der Waals surface area contributed by atoms with Crippen LogP contribution in [-0.4, -0.2) is 47.5 Å². The summed E-state index contributed by atoms with van der Waals surface area (Å²) >= 11 is 1.66. The zero-order chi connectivity index (χ0) is 15.2. The van der Waals surface area contributed by atoms with Crippen LogP contribution in [0.5, 0.6) is 0 Å². The van der Waals surface area contributed by atoms with Gasteiger partial charge in [-0.1, -0.05) is 6.92 Å². The molecule has 0 radical (unpaired) electrons. The number of hydrogen-bond acceptors (Lipinski definition) is 6. The van der Waals surface area contributed by atoms with Crippen LogP contribution in [0.25, 0.3) is 0 Å². The number of ether oxygens (including phenoxy) is 2. The van der Waals surface area contributed by atoms with Gasteiger partial charge < -0.3 is 14.4 Å². The summed E-state index contributed by atoms with van der Waals surface area (Å²) < 4.78 is 12.4. The minimum Gasteiger partial charge on any atom is -0.381 e. The van der Waals surface area contributed by atoms with Gasteiger partial charge in [-0.3, -0.25) is 4.57 Å². The van der Waals surface area contributed by atoms with E-state index >= 15 is 0 Å². The van der Waals surface area contributed by atoms with E-state index in [0.717, 1.165) is 31.1 Å². The second kappa shape index (κ2) is 7.82. The van der Waals surface area contributed by atoms with Crippen molar-refractivity contribution in [1.29, 1.82) is 0 Å². The Morgan fingerprint density at radius 2 is 2.38 bits per heavy atom. The number of rotatable bonds is 7. The fourth-order valence-corrected chi connectivity index (χ4v) is 3.37. The SMILES string of the molecule is CCCN(CC)c1ccn([C@@H]2CSC(COC)O2)c(=O)n1. The van der Waals surface area contributed by atoms with E-state index < -0.39 is 0 Å². The molecule has 21 heavy (non-hydrogen) atoms. The molecular weight excluding hydrogens is 290 g/mol. The third-order valence-electron chi connectivity index (χ3n) is 3.36. The molecule has 0 aromatic carbocycles. The van der Waals surface area contributed by atoms with E-state index in [1.807, 2.05) is 6.07 Å². The molecule has 118 valence electrons. The molecule has 1 fully saturated rings. The lowest BCUT2D eigenvalue weighted by Gasteiger charge is -2.22. The molecule has 0 amide bonds. The minimum atomic E-state index is -0.259. The molecule has 1 saturated heterocycles. The monoisotopic (exact) mass is 313 g/mol. The van der Waals surface area contributed by atoms with Gasteiger partial charge in [-0.05, 0) is 19.4 Å². The molecule has 2 heterocycles. The van der Waals surface area contributed by atoms with Crippen molar-refractivity contribution in [3.05, 3.63) is 22.7 Å². The first-order valence-corrected chi connectivity index (χ1v) is 8.34. The highest BCUT2D eigenvalue weighted by Gasteiger charge is 2.28. The van der Waals surface area contributed by atoms with Gasteiger partial charge in [0, 0.05) is 32.1 Å². The van der Waals surface area contributed by atoms with Gasteiger partial charge >= 0.3 is 5.69 Å². The lowest BCUT2D eigenvalue weighted by Crippen LogP contribution is -2.32. The van der Waals surface area contributed by atoms with Gasteiger partial charge in [0.15, 0.2) is 0 Å². The molecule has 0 aliphatic carbocycles. The fourth-order valence-electron chi connectivity index (χ4n) is 2.32. The van der Waals surface area contributed by atoms with E-state index in [2.05, 4.69) is 23.7 Å². The highest BCUT2D eigenvalue weighted by atomic mass is 32.2. The molecule has 7 heteroatoms. The van der Waals surface area contributed by atoms with Crippen LogP contribution in [0.4, 0.5) is 5.82 Å². The van der Waals surface area contributed by atoms with Crippen LogP contribution in [0.15, 0.2) is 17.1 Å². The summed E-state index contributed by atoms with van der Waals surface area (Å²) in [5.41, 5.74) is -0.274. The summed E-state index contributed by atoms with van der Waals surface area (Å²) in [4.78, 5) is 18.5. The van der Waals surface area contributed by atoms with Gasteiger partial charge in [-0.2, -0.15) is 4.98 Å². The van der Waals surface area contributed by atoms with Gasteiger partial charge in [0.05, 0.1) is 6.61 Å². The van der Waals surface area contributed by atoms with Crippen molar-refractivity contribution in [3.8, 4) is 0 Å². The number of hydrogen-bond donors (Lipinski definition) is 0. The Labute approximate surface area is 129 Å². The van der Waals surface area contributed by atoms with Crippen LogP contribution in [0, 0.1) is 0 Å². The van der Waals surface area contributed by atoms with Crippen LogP contribution in [0.1, 0.15) is 26.5 Å². The van der Waals surface area contributed by atoms with Crippen molar-refractivity contribution in [3.63, 3.8) is 0 Å². The molecule has 0 saturated carbocycles. The van der Waals surface area contributed by atoms with E-state index in [9.17, 15) is 4.79 Å². The maximum absolute atomic E-state index is 12.2. The van der Waals surface area contributed by atoms with Gasteiger partial charge in [-0.25, -0.2) is 4.79 Å². The van der Waals surface area contributed by atoms with Crippen molar-refractivity contribution < 1.29 is 9.47 Å². The Morgan fingerprint density at radius 1 is 1.57 bits per heavy atom. The summed E-state index contributed by atoms with van der Waals surface area (Å²) in [6, 6.07) is 1.89. The molecule has 1 aliphatic heterocycles. The van der Waals surface area contributed by atoms with Gasteiger partial charge in [0.1, 0.15) is 17.5 Å². The predicted molar refractivity (Wildman–Crippen MR) is 84.9 cm³/mol. The summed E-state index contributed by atoms with van der Waals surface area (Å²) in [6.45, 7) is 6.45. The molecule has 2 atom stereocenters. The van der Waals surface area contributed by atoms with Crippen LogP contribution in [0.3, 0.4) is 0 Å². The van der Waals surface area contributed by atoms with Crippen molar-refractivity contribution in [2.24, 2.45) is 0 Å². The van der Waals surface area contributed by atoms with Crippen LogP contribution >= 0.6 is 11.8 Å². The highest BCUT2D eigenvalue weighted by molar-refractivity contribution is 8.00. The second-order valence-corrected chi connectivity index (χ2v) is 6.06. The molecule has 0 N–H and O–H groups in total. The minimum absolute atomic E-state index is 0.0150. The predicted octanol–water partition coefficient (Wildman–Crippen LogP) is 1.71. The standard InChI is InChI=1S/C14H23N3O3S/c1-4-7-16(5-2)11-6-8-17(14(18)15-11)12-10-21-13(20-12)9-19-3/h6,8,12-13H,4-5,7,9-10H2,1-3H3/t12-,13?/m0/s1. The first kappa shape index (κ1) is 16.3. The first-order valence-electron chi connectivity index (χ1n) is 7.29. The normalized spacial score (nSPS) is 21.7. The third-order valence-corrected chi connectivity index (χ3v) is 4.46. The molecule has 1 aromatic heterocycles. The number of aromatic nitrogens is 2. The Balaban J connectivity index is 2.11. The summed E-state index contributed by atoms with van der Waals surface area (Å²) in [5, 5.41) is 0. The second-order valence-electron chi connectivity index (χ2n) is 4.86. The maximum Gasteiger partial charge on any atom is 0.351 e. The van der Waals surface area contributed by atoms with Crippen LogP contribution in [-0.2, 0) is 9.47 Å². The van der Waals surface area contributed by atoms with E-state index in [0.29, 0.717) is 6.61 Å². The molecule has 2 rings (SSSR count). The number of nitrogens with zero attached hydrogens (tertiary/aromatic N) is 3. The van der Waals surface area contributed by atoms with Crippen molar-refractivity contribution in [1.82, 2.24) is 9.55 Å². The Kier molecular flexibility index (Phi) is 6.08. The third kappa shape index (κ3) is 3.99. The van der Waals surface area contributed by atoms with E-state index in [1.54, 1.807) is 29.6 Å². The number of thioether (sulfide) groups is 1. The topological polar surface area (TPSA) is 56.6 Å². The average molecular weight is 313 g/mol. The largest absolute Gasteiger partial charge is 0.381 e. The summed E-state index contributed by atoms with van der Waals surface area (Å²) in [7, 11) is 1.65. The molecule has 1 aliphatic rings. The van der Waals surface area contributed by atoms with Crippen molar-refractivity contribution in [2.45, 2.75) is 31.9 Å². The van der Waals surface area contributed by atoms with E-state index in [-0.39, 0.29) is 17.4 Å². The van der Waals surface area contributed by atoms with Crippen LogP contribution < -0.4 is 10.6 Å². The molecule has 1 unspecified atom stereocenters. The van der Waals surface area contributed by atoms with E-state index in [1.165, 1.54) is 0 Å². The molecule has 6 nitrogen and oxygen atoms in total. The van der Waals surface area contributed by atoms with E-state index in [4.69, 9.17) is 9.47 Å². The fraction of sp³-hybridized carbons (Fsp3) is 0.714. The quantitative estimate of drug-likeness (QED) is 0.764. The van der Waals surface area contributed by atoms with Crippen molar-refractivity contribution >= 4 is 17.6 Å². The smallest absolute Gasteiger partial charge is 0.351 e. The van der Waals surface area contributed by atoms with Gasteiger partial charge in [0.25, 0.3) is 0 Å². The lowest BCUT2D eigenvalue weighted by molar-refractivity contribution is -0.0152. The molecule has 0 spiro atoms. The molecule has 0 bridgehead atoms. The number of methoxy groups -OCH3 is 1.